The van der Waals surface area contributed by atoms with Crippen LogP contribution in [0.5, 0.6) is 0 Å². The summed E-state index contributed by atoms with van der Waals surface area (Å²) >= 11 is 0. The van der Waals surface area contributed by atoms with Crippen LogP contribution in [-0.2, 0) is 9.16 Å². The molecule has 0 heterocycles. The molecule has 0 amide bonds. The maximum Gasteiger partial charge on any atom is 0.176 e. The van der Waals surface area contributed by atoms with Gasteiger partial charge in [-0.3, -0.25) is 0 Å². The van der Waals surface area contributed by atoms with Crippen molar-refractivity contribution in [2.45, 2.75) is 58.0 Å². The van der Waals surface area contributed by atoms with Crippen LogP contribution in [0.2, 0.25) is 12.1 Å². The Bertz CT molecular complexity index is 112. The minimum absolute atomic E-state index is 0.836. The molecule has 3 heteroatoms. The van der Waals surface area contributed by atoms with Crippen LogP contribution in [0.3, 0.4) is 0 Å². The Balaban J connectivity index is 3.49. The first-order valence-corrected chi connectivity index (χ1v) is 8.56. The van der Waals surface area contributed by atoms with Crippen LogP contribution in [0, 0.1) is 0 Å². The van der Waals surface area contributed by atoms with E-state index in [1.165, 1.54) is 37.8 Å². The summed E-state index contributed by atoms with van der Waals surface area (Å²) in [5.74, 6) is 0. The summed E-state index contributed by atoms with van der Waals surface area (Å²) in [6, 6.07) is 2.73. The van der Waals surface area contributed by atoms with Crippen molar-refractivity contribution in [1.82, 2.24) is 0 Å². The standard InChI is InChI=1S/C12H28O2Si/c1-4-6-11-15(12-7-5-2)14-10-8-9-13-3/h15H,4-12H2,1-3H3. The second-order valence-electron chi connectivity index (χ2n) is 4.12. The average molecular weight is 232 g/mol. The Labute approximate surface area is 97.1 Å². The van der Waals surface area contributed by atoms with Gasteiger partial charge < -0.3 is 9.16 Å². The van der Waals surface area contributed by atoms with E-state index >= 15 is 0 Å². The maximum atomic E-state index is 6.01. The van der Waals surface area contributed by atoms with Crippen molar-refractivity contribution < 1.29 is 9.16 Å². The monoisotopic (exact) mass is 232 g/mol. The molecule has 0 unspecified atom stereocenters. The molecule has 92 valence electrons. The number of hydrogen-bond donors (Lipinski definition) is 0. The molecule has 0 saturated heterocycles. The van der Waals surface area contributed by atoms with Gasteiger partial charge in [0.25, 0.3) is 0 Å². The zero-order chi connectivity index (χ0) is 11.4. The molecule has 0 aromatic heterocycles. The van der Waals surface area contributed by atoms with Crippen molar-refractivity contribution in [1.29, 1.82) is 0 Å². The summed E-state index contributed by atoms with van der Waals surface area (Å²) in [4.78, 5) is 0. The van der Waals surface area contributed by atoms with Crippen LogP contribution in [0.15, 0.2) is 0 Å². The van der Waals surface area contributed by atoms with E-state index in [1.807, 2.05) is 0 Å². The first kappa shape index (κ1) is 15.1. The molecule has 0 fully saturated rings. The van der Waals surface area contributed by atoms with Crippen LogP contribution in [-0.4, -0.2) is 29.4 Å². The molecule has 0 N–H and O–H groups in total. The number of methoxy groups -OCH3 is 1. The predicted octanol–water partition coefficient (Wildman–Crippen LogP) is 3.36. The molecule has 0 aliphatic carbocycles. The molecule has 0 saturated carbocycles. The van der Waals surface area contributed by atoms with E-state index in [0.29, 0.717) is 0 Å². The lowest BCUT2D eigenvalue weighted by Gasteiger charge is -2.15. The fourth-order valence-corrected chi connectivity index (χ4v) is 4.48. The minimum Gasteiger partial charge on any atom is -0.420 e. The second-order valence-corrected chi connectivity index (χ2v) is 6.86. The van der Waals surface area contributed by atoms with Gasteiger partial charge in [0.2, 0.25) is 0 Å². The number of hydrogen-bond acceptors (Lipinski definition) is 2. The summed E-state index contributed by atoms with van der Waals surface area (Å²) in [6.07, 6.45) is 6.36. The second kappa shape index (κ2) is 12.2. The fourth-order valence-electron chi connectivity index (χ4n) is 1.63. The third-order valence-corrected chi connectivity index (χ3v) is 5.42. The van der Waals surface area contributed by atoms with Crippen molar-refractivity contribution in [2.75, 3.05) is 20.3 Å². The largest absolute Gasteiger partial charge is 0.420 e. The highest BCUT2D eigenvalue weighted by Gasteiger charge is 2.10. The molecular weight excluding hydrogens is 204 g/mol. The van der Waals surface area contributed by atoms with Gasteiger partial charge in [0.1, 0.15) is 0 Å². The van der Waals surface area contributed by atoms with E-state index in [4.69, 9.17) is 9.16 Å². The molecule has 15 heavy (non-hydrogen) atoms. The quantitative estimate of drug-likeness (QED) is 0.402. The lowest BCUT2D eigenvalue weighted by molar-refractivity contribution is 0.171. The topological polar surface area (TPSA) is 18.5 Å². The minimum atomic E-state index is -0.867. The first-order chi connectivity index (χ1) is 7.35. The van der Waals surface area contributed by atoms with Gasteiger partial charge >= 0.3 is 0 Å². The lowest BCUT2D eigenvalue weighted by atomic mass is 10.4. The average Bonchev–Trinajstić information content (AvgIpc) is 2.27. The van der Waals surface area contributed by atoms with E-state index in [2.05, 4.69) is 13.8 Å². The van der Waals surface area contributed by atoms with Gasteiger partial charge in [-0.05, 0) is 18.5 Å². The number of ether oxygens (including phenoxy) is 1. The highest BCUT2D eigenvalue weighted by atomic mass is 28.3. The zero-order valence-electron chi connectivity index (χ0n) is 10.8. The molecule has 0 aliphatic rings. The van der Waals surface area contributed by atoms with E-state index < -0.39 is 9.04 Å². The number of unbranched alkanes of at least 4 members (excludes halogenated alkanes) is 2. The van der Waals surface area contributed by atoms with Crippen molar-refractivity contribution in [3.05, 3.63) is 0 Å². The first-order valence-electron chi connectivity index (χ1n) is 6.45. The van der Waals surface area contributed by atoms with Crippen LogP contribution < -0.4 is 0 Å². The van der Waals surface area contributed by atoms with Crippen LogP contribution in [0.25, 0.3) is 0 Å². The molecular formula is C12H28O2Si. The Morgan fingerprint density at radius 2 is 1.47 bits per heavy atom. The molecule has 0 spiro atoms. The van der Waals surface area contributed by atoms with Crippen LogP contribution in [0.4, 0.5) is 0 Å². The van der Waals surface area contributed by atoms with Gasteiger partial charge in [-0.2, -0.15) is 0 Å². The molecule has 0 atom stereocenters. The third kappa shape index (κ3) is 10.4. The summed E-state index contributed by atoms with van der Waals surface area (Å²) in [6.45, 7) is 6.27. The zero-order valence-corrected chi connectivity index (χ0v) is 11.9. The van der Waals surface area contributed by atoms with E-state index in [-0.39, 0.29) is 0 Å². The van der Waals surface area contributed by atoms with E-state index in [9.17, 15) is 0 Å². The highest BCUT2D eigenvalue weighted by Crippen LogP contribution is 2.11. The van der Waals surface area contributed by atoms with E-state index in [1.54, 1.807) is 7.11 Å². The summed E-state index contributed by atoms with van der Waals surface area (Å²) in [5, 5.41) is 0. The van der Waals surface area contributed by atoms with Gasteiger partial charge in [-0.25, -0.2) is 0 Å². The molecule has 0 aromatic rings. The highest BCUT2D eigenvalue weighted by molar-refractivity contribution is 6.51. The predicted molar refractivity (Wildman–Crippen MR) is 69.0 cm³/mol. The molecule has 2 nitrogen and oxygen atoms in total. The van der Waals surface area contributed by atoms with Gasteiger partial charge in [-0.1, -0.05) is 39.5 Å². The Morgan fingerprint density at radius 1 is 0.867 bits per heavy atom. The van der Waals surface area contributed by atoms with Crippen molar-refractivity contribution >= 4 is 9.04 Å². The Hall–Kier alpha value is 0.137. The van der Waals surface area contributed by atoms with E-state index in [0.717, 1.165) is 19.6 Å². The molecule has 0 aromatic carbocycles. The molecule has 0 radical (unpaired) electrons. The van der Waals surface area contributed by atoms with Gasteiger partial charge in [-0.15, -0.1) is 0 Å². The Morgan fingerprint density at radius 3 is 1.93 bits per heavy atom. The summed E-state index contributed by atoms with van der Waals surface area (Å²) in [7, 11) is 0.886. The van der Waals surface area contributed by atoms with Crippen molar-refractivity contribution in [2.24, 2.45) is 0 Å². The number of rotatable bonds is 11. The van der Waals surface area contributed by atoms with Gasteiger partial charge in [0, 0.05) is 20.3 Å². The molecule has 0 rings (SSSR count). The van der Waals surface area contributed by atoms with Crippen molar-refractivity contribution in [3.8, 4) is 0 Å². The fraction of sp³-hybridized carbons (Fsp3) is 1.00. The van der Waals surface area contributed by atoms with Gasteiger partial charge in [0.05, 0.1) is 0 Å². The third-order valence-electron chi connectivity index (χ3n) is 2.61. The van der Waals surface area contributed by atoms with Crippen LogP contribution >= 0.6 is 0 Å². The Kier molecular flexibility index (Phi) is 12.3. The summed E-state index contributed by atoms with van der Waals surface area (Å²) in [5.41, 5.74) is 0. The summed E-state index contributed by atoms with van der Waals surface area (Å²) < 4.78 is 11.0. The maximum absolute atomic E-state index is 6.01. The SMILES string of the molecule is CCCC[SiH](CCCC)OCCCOC. The van der Waals surface area contributed by atoms with Crippen LogP contribution in [0.1, 0.15) is 46.0 Å². The normalized spacial score (nSPS) is 11.2. The molecule has 0 aliphatic heterocycles. The van der Waals surface area contributed by atoms with Gasteiger partial charge in [0.15, 0.2) is 9.04 Å². The molecule has 0 bridgehead atoms. The smallest absolute Gasteiger partial charge is 0.176 e. The van der Waals surface area contributed by atoms with Crippen molar-refractivity contribution in [3.63, 3.8) is 0 Å². The lowest BCUT2D eigenvalue weighted by Crippen LogP contribution is -2.19.